The zero-order valence-electron chi connectivity index (χ0n) is 11.8. The zero-order valence-corrected chi connectivity index (χ0v) is 12.6. The summed E-state index contributed by atoms with van der Waals surface area (Å²) in [6.07, 6.45) is 0. The number of benzene rings is 1. The summed E-state index contributed by atoms with van der Waals surface area (Å²) in [6, 6.07) is 10.2. The van der Waals surface area contributed by atoms with Crippen LogP contribution in [0.1, 0.15) is 16.1 Å². The van der Waals surface area contributed by atoms with Crippen molar-refractivity contribution in [2.45, 2.75) is 20.0 Å². The second-order valence-electron chi connectivity index (χ2n) is 4.66. The first-order chi connectivity index (χ1) is 9.69. The summed E-state index contributed by atoms with van der Waals surface area (Å²) in [5.74, 6) is 0.0306. The van der Waals surface area contributed by atoms with Crippen LogP contribution in [-0.2, 0) is 17.9 Å². The maximum atomic E-state index is 11.7. The molecule has 4 nitrogen and oxygen atoms in total. The van der Waals surface area contributed by atoms with Crippen molar-refractivity contribution in [1.29, 1.82) is 0 Å². The van der Waals surface area contributed by atoms with E-state index in [0.717, 1.165) is 18.8 Å². The maximum Gasteiger partial charge on any atom is 0.233 e. The van der Waals surface area contributed by atoms with Crippen molar-refractivity contribution in [2.24, 2.45) is 0 Å². The largest absolute Gasteiger partial charge is 0.358 e. The van der Waals surface area contributed by atoms with E-state index in [1.165, 1.54) is 10.4 Å². The molecule has 1 amide bonds. The highest BCUT2D eigenvalue weighted by atomic mass is 32.1. The van der Waals surface area contributed by atoms with Crippen LogP contribution in [0.15, 0.2) is 35.8 Å². The molecule has 1 heterocycles. The number of likely N-dealkylation sites (N-methyl/N-ethyl adjacent to an activating group) is 1. The molecule has 1 aromatic heterocycles. The molecule has 0 fully saturated rings. The number of nitrogens with one attached hydrogen (secondary N) is 1. The SMILES string of the molecule is CNC(=O)CN(Cc1ccccc1)Cc1scnc1C. The molecular formula is C15H19N3OS. The Morgan fingerprint density at radius 3 is 2.65 bits per heavy atom. The van der Waals surface area contributed by atoms with Gasteiger partial charge in [0.05, 0.1) is 17.7 Å². The highest BCUT2D eigenvalue weighted by Crippen LogP contribution is 2.16. The number of nitrogens with zero attached hydrogens (tertiary/aromatic N) is 2. The van der Waals surface area contributed by atoms with Gasteiger partial charge in [-0.15, -0.1) is 11.3 Å². The Labute approximate surface area is 123 Å². The number of thiazole rings is 1. The van der Waals surface area contributed by atoms with E-state index in [1.54, 1.807) is 18.4 Å². The molecule has 0 spiro atoms. The smallest absolute Gasteiger partial charge is 0.233 e. The maximum absolute atomic E-state index is 11.7. The molecule has 2 aromatic rings. The van der Waals surface area contributed by atoms with Gasteiger partial charge in [-0.05, 0) is 12.5 Å². The van der Waals surface area contributed by atoms with Crippen molar-refractivity contribution in [3.8, 4) is 0 Å². The van der Waals surface area contributed by atoms with Crippen LogP contribution in [0.4, 0.5) is 0 Å². The van der Waals surface area contributed by atoms with Crippen LogP contribution in [0.3, 0.4) is 0 Å². The minimum atomic E-state index is 0.0306. The molecule has 106 valence electrons. The summed E-state index contributed by atoms with van der Waals surface area (Å²) in [7, 11) is 1.67. The summed E-state index contributed by atoms with van der Waals surface area (Å²) >= 11 is 1.64. The van der Waals surface area contributed by atoms with Gasteiger partial charge in [-0.25, -0.2) is 4.98 Å². The molecular weight excluding hydrogens is 270 g/mol. The normalized spacial score (nSPS) is 10.8. The molecule has 0 bridgehead atoms. The number of carbonyl (C=O) groups is 1. The molecule has 0 saturated heterocycles. The molecule has 0 aliphatic heterocycles. The first kappa shape index (κ1) is 14.7. The quantitative estimate of drug-likeness (QED) is 0.886. The first-order valence-corrected chi connectivity index (χ1v) is 7.43. The number of carbonyl (C=O) groups excluding carboxylic acids is 1. The van der Waals surface area contributed by atoms with E-state index in [1.807, 2.05) is 30.6 Å². The van der Waals surface area contributed by atoms with E-state index in [0.29, 0.717) is 6.54 Å². The lowest BCUT2D eigenvalue weighted by Crippen LogP contribution is -2.34. The lowest BCUT2D eigenvalue weighted by molar-refractivity contribution is -0.122. The van der Waals surface area contributed by atoms with Crippen LogP contribution in [0.5, 0.6) is 0 Å². The average Bonchev–Trinajstić information content (AvgIpc) is 2.85. The lowest BCUT2D eigenvalue weighted by Gasteiger charge is -2.21. The van der Waals surface area contributed by atoms with Crippen LogP contribution in [-0.4, -0.2) is 29.4 Å². The summed E-state index contributed by atoms with van der Waals surface area (Å²) in [6.45, 7) is 3.90. The Hall–Kier alpha value is -1.72. The van der Waals surface area contributed by atoms with E-state index in [2.05, 4.69) is 27.3 Å². The third-order valence-corrected chi connectivity index (χ3v) is 4.03. The van der Waals surface area contributed by atoms with Gasteiger partial charge in [-0.1, -0.05) is 30.3 Å². The third kappa shape index (κ3) is 4.15. The predicted molar refractivity (Wildman–Crippen MR) is 81.5 cm³/mol. The number of aromatic nitrogens is 1. The molecule has 0 radical (unpaired) electrons. The van der Waals surface area contributed by atoms with E-state index in [-0.39, 0.29) is 5.91 Å². The van der Waals surface area contributed by atoms with Gasteiger partial charge in [0.15, 0.2) is 0 Å². The van der Waals surface area contributed by atoms with Gasteiger partial charge in [0.1, 0.15) is 0 Å². The summed E-state index contributed by atoms with van der Waals surface area (Å²) in [5.41, 5.74) is 4.11. The highest BCUT2D eigenvalue weighted by Gasteiger charge is 2.13. The van der Waals surface area contributed by atoms with Gasteiger partial charge >= 0.3 is 0 Å². The van der Waals surface area contributed by atoms with Gasteiger partial charge in [-0.2, -0.15) is 0 Å². The van der Waals surface area contributed by atoms with Gasteiger partial charge < -0.3 is 5.32 Å². The van der Waals surface area contributed by atoms with Gasteiger partial charge in [0.25, 0.3) is 0 Å². The van der Waals surface area contributed by atoms with Crippen molar-refractivity contribution in [2.75, 3.05) is 13.6 Å². The summed E-state index contributed by atoms with van der Waals surface area (Å²) in [5, 5.41) is 2.68. The van der Waals surface area contributed by atoms with E-state index in [4.69, 9.17) is 0 Å². The monoisotopic (exact) mass is 289 g/mol. The molecule has 0 aliphatic rings. The molecule has 2 rings (SSSR count). The van der Waals surface area contributed by atoms with Crippen molar-refractivity contribution < 1.29 is 4.79 Å². The molecule has 0 aliphatic carbocycles. The van der Waals surface area contributed by atoms with E-state index < -0.39 is 0 Å². The molecule has 0 atom stereocenters. The van der Waals surface area contributed by atoms with E-state index in [9.17, 15) is 4.79 Å². The molecule has 0 saturated carbocycles. The van der Waals surface area contributed by atoms with Crippen LogP contribution in [0, 0.1) is 6.92 Å². The van der Waals surface area contributed by atoms with Gasteiger partial charge in [-0.3, -0.25) is 9.69 Å². The van der Waals surface area contributed by atoms with Crippen LogP contribution >= 0.6 is 11.3 Å². The average molecular weight is 289 g/mol. The minimum absolute atomic E-state index is 0.0306. The Balaban J connectivity index is 2.08. The Morgan fingerprint density at radius 1 is 1.30 bits per heavy atom. The fourth-order valence-corrected chi connectivity index (χ4v) is 2.79. The number of amides is 1. The van der Waals surface area contributed by atoms with E-state index >= 15 is 0 Å². The van der Waals surface area contributed by atoms with Crippen LogP contribution < -0.4 is 5.32 Å². The van der Waals surface area contributed by atoms with Crippen molar-refractivity contribution in [1.82, 2.24) is 15.2 Å². The second kappa shape index (κ2) is 7.17. The predicted octanol–water partition coefficient (Wildman–Crippen LogP) is 2.20. The van der Waals surface area contributed by atoms with Gasteiger partial charge in [0, 0.05) is 25.0 Å². The third-order valence-electron chi connectivity index (χ3n) is 3.11. The number of rotatable bonds is 6. The van der Waals surface area contributed by atoms with Crippen molar-refractivity contribution in [3.63, 3.8) is 0 Å². The van der Waals surface area contributed by atoms with Crippen LogP contribution in [0.25, 0.3) is 0 Å². The Kier molecular flexibility index (Phi) is 5.26. The highest BCUT2D eigenvalue weighted by molar-refractivity contribution is 7.09. The van der Waals surface area contributed by atoms with Crippen LogP contribution in [0.2, 0.25) is 0 Å². The zero-order chi connectivity index (χ0) is 14.4. The Morgan fingerprint density at radius 2 is 2.05 bits per heavy atom. The van der Waals surface area contributed by atoms with Crippen molar-refractivity contribution in [3.05, 3.63) is 52.0 Å². The number of hydrogen-bond donors (Lipinski definition) is 1. The minimum Gasteiger partial charge on any atom is -0.358 e. The number of hydrogen-bond acceptors (Lipinski definition) is 4. The fourth-order valence-electron chi connectivity index (χ4n) is 1.97. The molecule has 0 unspecified atom stereocenters. The van der Waals surface area contributed by atoms with Gasteiger partial charge in [0.2, 0.25) is 5.91 Å². The summed E-state index contributed by atoms with van der Waals surface area (Å²) < 4.78 is 0. The first-order valence-electron chi connectivity index (χ1n) is 6.55. The van der Waals surface area contributed by atoms with Crippen molar-refractivity contribution >= 4 is 17.2 Å². The lowest BCUT2D eigenvalue weighted by atomic mass is 10.2. The Bertz CT molecular complexity index is 553. The second-order valence-corrected chi connectivity index (χ2v) is 5.60. The summed E-state index contributed by atoms with van der Waals surface area (Å²) in [4.78, 5) is 19.3. The molecule has 20 heavy (non-hydrogen) atoms. The standard InChI is InChI=1S/C15H19N3OS/c1-12-14(20-11-17-12)9-18(10-15(19)16-2)8-13-6-4-3-5-7-13/h3-7,11H,8-10H2,1-2H3,(H,16,19). The molecule has 1 aromatic carbocycles. The molecule has 1 N–H and O–H groups in total. The topological polar surface area (TPSA) is 45.2 Å². The number of aryl methyl sites for hydroxylation is 1. The fraction of sp³-hybridized carbons (Fsp3) is 0.333. The molecule has 5 heteroatoms.